The number of methoxy groups -OCH3 is 1. The number of benzene rings is 1. The van der Waals surface area contributed by atoms with Crippen LogP contribution in [-0.4, -0.2) is 44.2 Å². The Hall–Kier alpha value is -3.53. The maximum atomic E-state index is 14.9. The Kier molecular flexibility index (Phi) is 5.01. The van der Waals surface area contributed by atoms with Crippen molar-refractivity contribution in [3.8, 4) is 17.1 Å². The van der Waals surface area contributed by atoms with Crippen LogP contribution in [0.4, 0.5) is 14.9 Å². The van der Waals surface area contributed by atoms with Crippen molar-refractivity contribution in [1.29, 1.82) is 0 Å². The summed E-state index contributed by atoms with van der Waals surface area (Å²) in [5, 5.41) is 9.46. The molecule has 32 heavy (non-hydrogen) atoms. The quantitative estimate of drug-likeness (QED) is 0.625. The Morgan fingerprint density at radius 2 is 2.06 bits per heavy atom. The second kappa shape index (κ2) is 7.86. The normalized spacial score (nSPS) is 18.9. The molecule has 11 heteroatoms. The van der Waals surface area contributed by atoms with Crippen LogP contribution in [-0.2, 0) is 6.42 Å². The van der Waals surface area contributed by atoms with Crippen LogP contribution >= 0.6 is 11.6 Å². The number of nitrogens with one attached hydrogen (secondary N) is 2. The van der Waals surface area contributed by atoms with Crippen molar-refractivity contribution in [3.05, 3.63) is 63.0 Å². The van der Waals surface area contributed by atoms with E-state index in [-0.39, 0.29) is 34.4 Å². The molecule has 2 atom stereocenters. The number of aromatic nitrogens is 4. The van der Waals surface area contributed by atoms with E-state index in [1.807, 2.05) is 0 Å². The van der Waals surface area contributed by atoms with E-state index in [1.54, 1.807) is 4.90 Å². The SMILES string of the molecule is COc1ncc(-c2cc(F)c(NC(=O)N3[C@H]4CC[C@@H]3c3n[nH]c(=O)cc3C4)cc2Cl)cn1. The Bertz CT molecular complexity index is 1270. The number of nitrogens with zero attached hydrogens (tertiary/aromatic N) is 4. The van der Waals surface area contributed by atoms with Crippen molar-refractivity contribution >= 4 is 23.3 Å². The van der Waals surface area contributed by atoms with E-state index in [0.717, 1.165) is 18.4 Å². The molecule has 1 aromatic carbocycles. The van der Waals surface area contributed by atoms with Crippen LogP contribution < -0.4 is 15.6 Å². The third kappa shape index (κ3) is 3.46. The third-order valence-corrected chi connectivity index (χ3v) is 6.16. The molecule has 4 heterocycles. The van der Waals surface area contributed by atoms with Crippen LogP contribution in [0.25, 0.3) is 11.1 Å². The first-order chi connectivity index (χ1) is 15.4. The van der Waals surface area contributed by atoms with Gasteiger partial charge in [-0.2, -0.15) is 5.10 Å². The second-order valence-corrected chi connectivity index (χ2v) is 8.11. The number of rotatable bonds is 3. The molecule has 2 aromatic heterocycles. The molecular formula is C21H18ClFN6O3. The minimum atomic E-state index is -0.638. The van der Waals surface area contributed by atoms with E-state index in [2.05, 4.69) is 25.5 Å². The summed E-state index contributed by atoms with van der Waals surface area (Å²) >= 11 is 6.37. The molecule has 2 aliphatic rings. The Labute approximate surface area is 186 Å². The van der Waals surface area contributed by atoms with Crippen molar-refractivity contribution in [2.45, 2.75) is 31.3 Å². The highest BCUT2D eigenvalue weighted by Crippen LogP contribution is 2.42. The van der Waals surface area contributed by atoms with Gasteiger partial charge in [0.25, 0.3) is 5.56 Å². The zero-order chi connectivity index (χ0) is 22.4. The molecule has 9 nitrogen and oxygen atoms in total. The van der Waals surface area contributed by atoms with Gasteiger partial charge in [-0.25, -0.2) is 24.3 Å². The van der Waals surface area contributed by atoms with Gasteiger partial charge in [-0.15, -0.1) is 0 Å². The lowest BCUT2D eigenvalue weighted by Gasteiger charge is -2.35. The highest BCUT2D eigenvalue weighted by Gasteiger charge is 2.44. The lowest BCUT2D eigenvalue weighted by Crippen LogP contribution is -2.45. The number of carbonyl (C=O) groups excluding carboxylic acids is 1. The van der Waals surface area contributed by atoms with Crippen LogP contribution in [0, 0.1) is 5.82 Å². The van der Waals surface area contributed by atoms with Gasteiger partial charge in [0, 0.05) is 35.6 Å². The minimum absolute atomic E-state index is 0.0298. The molecule has 0 unspecified atom stereocenters. The molecule has 2 bridgehead atoms. The van der Waals surface area contributed by atoms with E-state index in [0.29, 0.717) is 23.2 Å². The standard InChI is InChI=1S/C21H18ClFN6O3/c1-32-20-24-8-11(9-25-20)13-6-15(23)16(7-14(13)22)26-21(31)29-12-2-3-17(29)19-10(4-12)5-18(30)27-28-19/h5-9,12,17H,2-4H2,1H3,(H,26,31)(H,27,30)/t12-,17+/m0/s1. The highest BCUT2D eigenvalue weighted by atomic mass is 35.5. The summed E-state index contributed by atoms with van der Waals surface area (Å²) in [5.74, 6) is -0.638. The maximum Gasteiger partial charge on any atom is 0.322 e. The summed E-state index contributed by atoms with van der Waals surface area (Å²) in [6.07, 6.45) is 5.00. The summed E-state index contributed by atoms with van der Waals surface area (Å²) in [7, 11) is 1.45. The van der Waals surface area contributed by atoms with Crippen LogP contribution in [0.5, 0.6) is 6.01 Å². The molecule has 3 aromatic rings. The number of H-pyrrole nitrogens is 1. The maximum absolute atomic E-state index is 14.9. The number of carbonyl (C=O) groups is 1. The molecule has 0 spiro atoms. The van der Waals surface area contributed by atoms with E-state index < -0.39 is 11.8 Å². The van der Waals surface area contributed by atoms with Crippen molar-refractivity contribution in [2.75, 3.05) is 12.4 Å². The van der Waals surface area contributed by atoms with Crippen LogP contribution in [0.2, 0.25) is 5.02 Å². The van der Waals surface area contributed by atoms with Gasteiger partial charge in [-0.05, 0) is 37.0 Å². The number of halogens is 2. The minimum Gasteiger partial charge on any atom is -0.467 e. The lowest BCUT2D eigenvalue weighted by molar-refractivity contribution is 0.177. The van der Waals surface area contributed by atoms with Crippen molar-refractivity contribution < 1.29 is 13.9 Å². The monoisotopic (exact) mass is 456 g/mol. The molecular weight excluding hydrogens is 439 g/mol. The fourth-order valence-electron chi connectivity index (χ4n) is 4.42. The molecule has 2 N–H and O–H groups in total. The van der Waals surface area contributed by atoms with Gasteiger partial charge in [0.1, 0.15) is 5.82 Å². The van der Waals surface area contributed by atoms with E-state index >= 15 is 0 Å². The number of anilines is 1. The van der Waals surface area contributed by atoms with Gasteiger partial charge in [-0.3, -0.25) is 4.79 Å². The molecule has 164 valence electrons. The molecule has 0 radical (unpaired) electrons. The summed E-state index contributed by atoms with van der Waals surface area (Å²) < 4.78 is 19.8. The molecule has 5 rings (SSSR count). The van der Waals surface area contributed by atoms with Crippen LogP contribution in [0.1, 0.15) is 30.1 Å². The first kappa shape index (κ1) is 20.4. The lowest BCUT2D eigenvalue weighted by atomic mass is 9.99. The molecule has 0 aliphatic carbocycles. The van der Waals surface area contributed by atoms with Gasteiger partial charge >= 0.3 is 12.0 Å². The molecule has 2 aliphatic heterocycles. The number of amides is 2. The average Bonchev–Trinajstić information content (AvgIpc) is 3.11. The number of urea groups is 1. The van der Waals surface area contributed by atoms with Crippen molar-refractivity contribution in [3.63, 3.8) is 0 Å². The summed E-state index contributed by atoms with van der Waals surface area (Å²) in [5.41, 5.74) is 2.15. The highest BCUT2D eigenvalue weighted by molar-refractivity contribution is 6.33. The number of fused-ring (bicyclic) bond motifs is 4. The first-order valence-electron chi connectivity index (χ1n) is 9.98. The molecule has 1 saturated heterocycles. The van der Waals surface area contributed by atoms with Gasteiger partial charge in [0.05, 0.1) is 29.6 Å². The van der Waals surface area contributed by atoms with Gasteiger partial charge in [0.15, 0.2) is 0 Å². The average molecular weight is 457 g/mol. The number of ether oxygens (including phenoxy) is 1. The Morgan fingerprint density at radius 1 is 1.28 bits per heavy atom. The summed E-state index contributed by atoms with van der Waals surface area (Å²) in [6.45, 7) is 0. The number of hydrogen-bond acceptors (Lipinski definition) is 6. The van der Waals surface area contributed by atoms with E-state index in [4.69, 9.17) is 16.3 Å². The molecule has 2 amide bonds. The topological polar surface area (TPSA) is 113 Å². The second-order valence-electron chi connectivity index (χ2n) is 7.70. The van der Waals surface area contributed by atoms with Crippen molar-refractivity contribution in [1.82, 2.24) is 25.1 Å². The summed E-state index contributed by atoms with van der Waals surface area (Å²) in [4.78, 5) is 34.3. The zero-order valence-electron chi connectivity index (χ0n) is 16.9. The third-order valence-electron chi connectivity index (χ3n) is 5.85. The van der Waals surface area contributed by atoms with Crippen molar-refractivity contribution in [2.24, 2.45) is 0 Å². The largest absolute Gasteiger partial charge is 0.467 e. The Balaban J connectivity index is 1.39. The fraction of sp³-hybridized carbons (Fsp3) is 0.286. The number of hydrogen-bond donors (Lipinski definition) is 2. The molecule has 0 saturated carbocycles. The van der Waals surface area contributed by atoms with Crippen LogP contribution in [0.15, 0.2) is 35.4 Å². The predicted molar refractivity (Wildman–Crippen MR) is 114 cm³/mol. The molecule has 1 fully saturated rings. The zero-order valence-corrected chi connectivity index (χ0v) is 17.7. The van der Waals surface area contributed by atoms with Crippen LogP contribution in [0.3, 0.4) is 0 Å². The van der Waals surface area contributed by atoms with Gasteiger partial charge in [0.2, 0.25) is 0 Å². The predicted octanol–water partition coefficient (Wildman–Crippen LogP) is 3.32. The number of aromatic amines is 1. The Morgan fingerprint density at radius 3 is 2.81 bits per heavy atom. The first-order valence-corrected chi connectivity index (χ1v) is 10.4. The van der Waals surface area contributed by atoms with E-state index in [1.165, 1.54) is 37.7 Å². The smallest absolute Gasteiger partial charge is 0.322 e. The van der Waals surface area contributed by atoms with Gasteiger partial charge in [-0.1, -0.05) is 11.6 Å². The summed E-state index contributed by atoms with van der Waals surface area (Å²) in [6, 6.07) is 3.53. The fourth-order valence-corrected chi connectivity index (χ4v) is 4.69. The van der Waals surface area contributed by atoms with Gasteiger partial charge < -0.3 is 15.0 Å². The van der Waals surface area contributed by atoms with E-state index in [9.17, 15) is 14.0 Å².